The number of furan rings is 1. The standard InChI is InChI=1S/C20H17NO4/c22-19(15-6-1-2-7-16(15)20(23)24)21-12-9-10-14-13-5-3-4-8-17(13)25-18(14)11-12/h1-5,8-11,15-16H,6-7H2,(H,21,22)(H,23,24)/p-1/t15-,16+/m1/s1. The molecule has 5 heteroatoms. The first kappa shape index (κ1) is 15.4. The maximum absolute atomic E-state index is 12.5. The van der Waals surface area contributed by atoms with E-state index in [1.54, 1.807) is 18.2 Å². The Hall–Kier alpha value is -3.08. The Balaban J connectivity index is 1.61. The quantitative estimate of drug-likeness (QED) is 0.747. The first-order chi connectivity index (χ1) is 12.1. The van der Waals surface area contributed by atoms with E-state index in [1.165, 1.54) is 0 Å². The number of nitrogens with one attached hydrogen (secondary N) is 1. The van der Waals surface area contributed by atoms with Crippen LogP contribution >= 0.6 is 0 Å². The summed E-state index contributed by atoms with van der Waals surface area (Å²) in [7, 11) is 0. The average molecular weight is 334 g/mol. The molecule has 0 aliphatic heterocycles. The third-order valence-corrected chi connectivity index (χ3v) is 4.72. The molecule has 1 aromatic heterocycles. The highest BCUT2D eigenvalue weighted by Gasteiger charge is 2.29. The fourth-order valence-corrected chi connectivity index (χ4v) is 3.40. The van der Waals surface area contributed by atoms with E-state index in [2.05, 4.69) is 5.32 Å². The monoisotopic (exact) mass is 334 g/mol. The van der Waals surface area contributed by atoms with Gasteiger partial charge < -0.3 is 19.6 Å². The summed E-state index contributed by atoms with van der Waals surface area (Å²) >= 11 is 0. The smallest absolute Gasteiger partial charge is 0.228 e. The predicted molar refractivity (Wildman–Crippen MR) is 92.7 cm³/mol. The molecule has 1 amide bonds. The molecule has 1 aliphatic rings. The minimum atomic E-state index is -1.18. The topological polar surface area (TPSA) is 82.4 Å². The van der Waals surface area contributed by atoms with E-state index in [4.69, 9.17) is 4.42 Å². The van der Waals surface area contributed by atoms with Crippen molar-refractivity contribution in [3.8, 4) is 0 Å². The number of carboxylic acids is 1. The highest BCUT2D eigenvalue weighted by molar-refractivity contribution is 6.06. The Morgan fingerprint density at radius 3 is 2.48 bits per heavy atom. The molecular formula is C20H16NO4-. The maximum atomic E-state index is 12.5. The number of aliphatic carboxylic acids is 1. The third kappa shape index (κ3) is 2.78. The number of anilines is 1. The van der Waals surface area contributed by atoms with Gasteiger partial charge in [-0.05, 0) is 31.0 Å². The first-order valence-electron chi connectivity index (χ1n) is 8.21. The predicted octanol–water partition coefficient (Wildman–Crippen LogP) is 2.86. The van der Waals surface area contributed by atoms with Gasteiger partial charge in [0, 0.05) is 34.4 Å². The Labute approximate surface area is 143 Å². The second-order valence-electron chi connectivity index (χ2n) is 6.27. The molecule has 0 spiro atoms. The first-order valence-corrected chi connectivity index (χ1v) is 8.21. The number of amides is 1. The van der Waals surface area contributed by atoms with Crippen molar-refractivity contribution in [2.45, 2.75) is 12.8 Å². The van der Waals surface area contributed by atoms with Crippen LogP contribution in [0.4, 0.5) is 5.69 Å². The molecule has 1 aliphatic carbocycles. The van der Waals surface area contributed by atoms with Crippen LogP contribution in [0.25, 0.3) is 21.9 Å². The summed E-state index contributed by atoms with van der Waals surface area (Å²) in [5.41, 5.74) is 2.05. The van der Waals surface area contributed by atoms with Crippen LogP contribution in [0.1, 0.15) is 12.8 Å². The zero-order valence-corrected chi connectivity index (χ0v) is 13.4. The summed E-state index contributed by atoms with van der Waals surface area (Å²) in [6.45, 7) is 0. The zero-order chi connectivity index (χ0) is 17.4. The molecule has 0 saturated carbocycles. The van der Waals surface area contributed by atoms with Crippen molar-refractivity contribution in [2.75, 3.05) is 5.32 Å². The van der Waals surface area contributed by atoms with Crippen molar-refractivity contribution in [1.29, 1.82) is 0 Å². The van der Waals surface area contributed by atoms with E-state index < -0.39 is 17.8 Å². The van der Waals surface area contributed by atoms with Crippen LogP contribution in [-0.2, 0) is 9.59 Å². The summed E-state index contributed by atoms with van der Waals surface area (Å²) in [5, 5.41) is 16.1. The van der Waals surface area contributed by atoms with Crippen LogP contribution < -0.4 is 10.4 Å². The van der Waals surface area contributed by atoms with Crippen molar-refractivity contribution in [1.82, 2.24) is 0 Å². The SMILES string of the molecule is O=C([O-])[C@H]1CC=CC[C@H]1C(=O)Nc1ccc2c(c1)oc1ccccc12. The average Bonchev–Trinajstić information content (AvgIpc) is 2.99. The lowest BCUT2D eigenvalue weighted by Gasteiger charge is -2.28. The minimum Gasteiger partial charge on any atom is -0.550 e. The highest BCUT2D eigenvalue weighted by atomic mass is 16.4. The molecule has 2 atom stereocenters. The van der Waals surface area contributed by atoms with Crippen molar-refractivity contribution in [3.05, 3.63) is 54.6 Å². The molecule has 0 radical (unpaired) electrons. The van der Waals surface area contributed by atoms with Gasteiger partial charge in [0.1, 0.15) is 11.2 Å². The van der Waals surface area contributed by atoms with Crippen molar-refractivity contribution in [2.24, 2.45) is 11.8 Å². The van der Waals surface area contributed by atoms with Gasteiger partial charge in [0.05, 0.1) is 5.92 Å². The molecule has 25 heavy (non-hydrogen) atoms. The number of hydrogen-bond donors (Lipinski definition) is 1. The van der Waals surface area contributed by atoms with Crippen molar-refractivity contribution in [3.63, 3.8) is 0 Å². The van der Waals surface area contributed by atoms with Gasteiger partial charge in [0.25, 0.3) is 0 Å². The maximum Gasteiger partial charge on any atom is 0.228 e. The number of allylic oxidation sites excluding steroid dienone is 2. The largest absolute Gasteiger partial charge is 0.550 e. The molecule has 0 saturated heterocycles. The number of carbonyl (C=O) groups excluding carboxylic acids is 2. The summed E-state index contributed by atoms with van der Waals surface area (Å²) in [6, 6.07) is 13.2. The third-order valence-electron chi connectivity index (χ3n) is 4.72. The zero-order valence-electron chi connectivity index (χ0n) is 13.4. The molecule has 3 aromatic rings. The van der Waals surface area contributed by atoms with Crippen LogP contribution in [0, 0.1) is 11.8 Å². The molecule has 0 unspecified atom stereocenters. The Bertz CT molecular complexity index is 1000. The van der Waals surface area contributed by atoms with E-state index in [0.29, 0.717) is 24.1 Å². The number of carboxylic acid groups (broad SMARTS) is 1. The Kier molecular flexibility index (Phi) is 3.76. The molecule has 126 valence electrons. The molecule has 1 heterocycles. The molecule has 1 N–H and O–H groups in total. The van der Waals surface area contributed by atoms with Crippen LogP contribution in [-0.4, -0.2) is 11.9 Å². The summed E-state index contributed by atoms with van der Waals surface area (Å²) in [6.07, 6.45) is 4.34. The minimum absolute atomic E-state index is 0.311. The van der Waals surface area contributed by atoms with Crippen LogP contribution in [0.3, 0.4) is 0 Å². The van der Waals surface area contributed by atoms with Gasteiger partial charge in [-0.1, -0.05) is 30.4 Å². The number of fused-ring (bicyclic) bond motifs is 3. The summed E-state index contributed by atoms with van der Waals surface area (Å²) < 4.78 is 5.81. The lowest BCUT2D eigenvalue weighted by molar-refractivity contribution is -0.313. The second kappa shape index (κ2) is 6.09. The van der Waals surface area contributed by atoms with Gasteiger partial charge in [-0.2, -0.15) is 0 Å². The summed E-state index contributed by atoms with van der Waals surface area (Å²) in [4.78, 5) is 23.8. The van der Waals surface area contributed by atoms with E-state index >= 15 is 0 Å². The van der Waals surface area contributed by atoms with Crippen molar-refractivity contribution < 1.29 is 19.1 Å². The molecule has 0 fully saturated rings. The molecule has 2 aromatic carbocycles. The Morgan fingerprint density at radius 2 is 1.68 bits per heavy atom. The fourth-order valence-electron chi connectivity index (χ4n) is 3.40. The number of hydrogen-bond acceptors (Lipinski definition) is 4. The number of rotatable bonds is 3. The normalized spacial score (nSPS) is 20.0. The van der Waals surface area contributed by atoms with E-state index in [9.17, 15) is 14.7 Å². The summed E-state index contributed by atoms with van der Waals surface area (Å²) in [5.74, 6) is -2.91. The van der Waals surface area contributed by atoms with Crippen LogP contribution in [0.2, 0.25) is 0 Å². The molecule has 5 nitrogen and oxygen atoms in total. The van der Waals surface area contributed by atoms with Crippen LogP contribution in [0.5, 0.6) is 0 Å². The van der Waals surface area contributed by atoms with Gasteiger partial charge in [-0.3, -0.25) is 4.79 Å². The number of para-hydroxylation sites is 1. The highest BCUT2D eigenvalue weighted by Crippen LogP contribution is 2.31. The van der Waals surface area contributed by atoms with Gasteiger partial charge in [0.2, 0.25) is 5.91 Å². The van der Waals surface area contributed by atoms with Gasteiger partial charge in [-0.15, -0.1) is 0 Å². The second-order valence-corrected chi connectivity index (χ2v) is 6.27. The van der Waals surface area contributed by atoms with Gasteiger partial charge in [-0.25, -0.2) is 0 Å². The van der Waals surface area contributed by atoms with E-state index in [-0.39, 0.29) is 5.91 Å². The van der Waals surface area contributed by atoms with Crippen molar-refractivity contribution >= 4 is 39.5 Å². The number of carbonyl (C=O) groups is 2. The number of benzene rings is 2. The molecule has 4 rings (SSSR count). The van der Waals surface area contributed by atoms with E-state index in [0.717, 1.165) is 16.4 Å². The fraction of sp³-hybridized carbons (Fsp3) is 0.200. The van der Waals surface area contributed by atoms with E-state index in [1.807, 2.05) is 36.4 Å². The lowest BCUT2D eigenvalue weighted by atomic mass is 9.82. The molecular weight excluding hydrogens is 318 g/mol. The molecule has 0 bridgehead atoms. The van der Waals surface area contributed by atoms with Gasteiger partial charge >= 0.3 is 0 Å². The van der Waals surface area contributed by atoms with Gasteiger partial charge in [0.15, 0.2) is 0 Å². The Morgan fingerprint density at radius 1 is 0.960 bits per heavy atom. The van der Waals surface area contributed by atoms with Crippen LogP contribution in [0.15, 0.2) is 59.0 Å². The lowest BCUT2D eigenvalue weighted by Crippen LogP contribution is -2.41.